The Balaban J connectivity index is 2.98. The molecule has 0 aromatic heterocycles. The Hall–Kier alpha value is -1.39. The van der Waals surface area contributed by atoms with E-state index in [1.54, 1.807) is 0 Å². The molecule has 0 aromatic rings. The lowest BCUT2D eigenvalue weighted by Crippen LogP contribution is -2.51. The van der Waals surface area contributed by atoms with E-state index in [1.165, 1.54) is 0 Å². The molecule has 1 heterocycles. The normalized spacial score (nSPS) is 21.5. The molecule has 8 nitrogen and oxygen atoms in total. The van der Waals surface area contributed by atoms with Gasteiger partial charge in [0.15, 0.2) is 19.5 Å². The second-order valence-corrected chi connectivity index (χ2v) is 16.0. The quantitative estimate of drug-likeness (QED) is 0.476. The van der Waals surface area contributed by atoms with Crippen molar-refractivity contribution in [3.05, 3.63) is 0 Å². The highest BCUT2D eigenvalue weighted by atomic mass is 32.2. The molecular formula is C21H38N2O6SSi. The molecule has 1 aliphatic rings. The zero-order chi connectivity index (χ0) is 23.9. The summed E-state index contributed by atoms with van der Waals surface area (Å²) < 4.78 is 11.9. The number of thioether (sulfide) groups is 1. The fourth-order valence-corrected chi connectivity index (χ4v) is 4.37. The highest BCUT2D eigenvalue weighted by Crippen LogP contribution is 2.38. The number of hydrogen-bond donors (Lipinski definition) is 2. The summed E-state index contributed by atoms with van der Waals surface area (Å²) in [4.78, 5) is 49.2. The molecule has 10 heteroatoms. The maximum Gasteiger partial charge on any atom is 0.307 e. The first-order valence-corrected chi connectivity index (χ1v) is 14.6. The van der Waals surface area contributed by atoms with Gasteiger partial charge in [0.1, 0.15) is 0 Å². The maximum absolute atomic E-state index is 12.9. The number of nitrogens with one attached hydrogen (secondary N) is 2. The van der Waals surface area contributed by atoms with Crippen LogP contribution in [0.15, 0.2) is 0 Å². The molecule has 1 rings (SSSR count). The number of amides is 2. The van der Waals surface area contributed by atoms with E-state index in [0.717, 1.165) is 11.8 Å². The average Bonchev–Trinajstić information content (AvgIpc) is 2.65. The first-order valence-electron chi connectivity index (χ1n) is 10.7. The highest BCUT2D eigenvalue weighted by Gasteiger charge is 2.43. The van der Waals surface area contributed by atoms with E-state index in [-0.39, 0.29) is 48.5 Å². The summed E-state index contributed by atoms with van der Waals surface area (Å²) in [6.45, 7) is 15.0. The Kier molecular flexibility index (Phi) is 10.2. The molecule has 0 radical (unpaired) electrons. The SMILES string of the molecule is CC(C)(CO[Si](C)(C)C(C)(C)C)[C@H]1OC(=O)CCC(=O)SCCNC(=O)CCNC1=O. The molecule has 0 unspecified atom stereocenters. The van der Waals surface area contributed by atoms with Gasteiger partial charge in [-0.3, -0.25) is 19.2 Å². The lowest BCUT2D eigenvalue weighted by atomic mass is 9.86. The van der Waals surface area contributed by atoms with Gasteiger partial charge in [-0.15, -0.1) is 0 Å². The Morgan fingerprint density at radius 2 is 1.65 bits per heavy atom. The summed E-state index contributed by atoms with van der Waals surface area (Å²) in [5, 5.41) is 5.26. The van der Waals surface area contributed by atoms with Gasteiger partial charge in [-0.1, -0.05) is 46.4 Å². The lowest BCUT2D eigenvalue weighted by Gasteiger charge is -2.40. The molecule has 31 heavy (non-hydrogen) atoms. The van der Waals surface area contributed by atoms with Gasteiger partial charge in [-0.05, 0) is 18.1 Å². The number of esters is 1. The van der Waals surface area contributed by atoms with E-state index >= 15 is 0 Å². The Labute approximate surface area is 191 Å². The molecule has 0 saturated carbocycles. The van der Waals surface area contributed by atoms with Crippen LogP contribution in [0.2, 0.25) is 18.1 Å². The predicted molar refractivity (Wildman–Crippen MR) is 124 cm³/mol. The van der Waals surface area contributed by atoms with Crippen LogP contribution in [0.1, 0.15) is 53.9 Å². The maximum atomic E-state index is 12.9. The van der Waals surface area contributed by atoms with Crippen LogP contribution in [-0.4, -0.2) is 62.8 Å². The summed E-state index contributed by atoms with van der Waals surface area (Å²) in [5.41, 5.74) is -0.801. The van der Waals surface area contributed by atoms with Gasteiger partial charge in [-0.25, -0.2) is 0 Å². The van der Waals surface area contributed by atoms with Gasteiger partial charge in [-0.2, -0.15) is 0 Å². The van der Waals surface area contributed by atoms with Crippen molar-refractivity contribution in [2.45, 2.75) is 78.1 Å². The third-order valence-corrected chi connectivity index (χ3v) is 11.1. The third kappa shape index (κ3) is 9.32. The molecule has 2 N–H and O–H groups in total. The van der Waals surface area contributed by atoms with Gasteiger partial charge in [0.2, 0.25) is 5.91 Å². The van der Waals surface area contributed by atoms with E-state index in [9.17, 15) is 19.2 Å². The van der Waals surface area contributed by atoms with Crippen LogP contribution in [0, 0.1) is 5.41 Å². The zero-order valence-corrected chi connectivity index (χ0v) is 21.7. The molecule has 178 valence electrons. The lowest BCUT2D eigenvalue weighted by molar-refractivity contribution is -0.165. The number of hydrogen-bond acceptors (Lipinski definition) is 7. The zero-order valence-electron chi connectivity index (χ0n) is 19.9. The van der Waals surface area contributed by atoms with Crippen LogP contribution >= 0.6 is 11.8 Å². The van der Waals surface area contributed by atoms with Crippen LogP contribution in [0.5, 0.6) is 0 Å². The minimum absolute atomic E-state index is 0.00479. The summed E-state index contributed by atoms with van der Waals surface area (Å²) in [7, 11) is -2.08. The fraction of sp³-hybridized carbons (Fsp3) is 0.810. The monoisotopic (exact) mass is 474 g/mol. The highest BCUT2D eigenvalue weighted by molar-refractivity contribution is 8.13. The first-order chi connectivity index (χ1) is 14.2. The number of ether oxygens (including phenoxy) is 1. The third-order valence-electron chi connectivity index (χ3n) is 5.68. The van der Waals surface area contributed by atoms with Crippen molar-refractivity contribution in [2.75, 3.05) is 25.4 Å². The van der Waals surface area contributed by atoms with Crippen molar-refractivity contribution >= 4 is 43.0 Å². The number of cyclic esters (lactones) is 1. The minimum atomic E-state index is -2.08. The Morgan fingerprint density at radius 1 is 1.00 bits per heavy atom. The van der Waals surface area contributed by atoms with Gasteiger partial charge < -0.3 is 19.8 Å². The fourth-order valence-electron chi connectivity index (χ4n) is 2.53. The smallest absolute Gasteiger partial charge is 0.307 e. The molecule has 2 amide bonds. The molecule has 1 aliphatic heterocycles. The van der Waals surface area contributed by atoms with Crippen molar-refractivity contribution in [3.8, 4) is 0 Å². The van der Waals surface area contributed by atoms with Crippen molar-refractivity contribution in [3.63, 3.8) is 0 Å². The molecule has 1 fully saturated rings. The second kappa shape index (κ2) is 11.5. The molecule has 1 atom stereocenters. The van der Waals surface area contributed by atoms with Crippen LogP contribution in [-0.2, 0) is 28.3 Å². The summed E-state index contributed by atoms with van der Waals surface area (Å²) in [6.07, 6.45) is -1.07. The summed E-state index contributed by atoms with van der Waals surface area (Å²) >= 11 is 1.07. The molecule has 0 aromatic carbocycles. The van der Waals surface area contributed by atoms with E-state index < -0.39 is 31.7 Å². The van der Waals surface area contributed by atoms with E-state index in [1.807, 2.05) is 13.8 Å². The summed E-state index contributed by atoms with van der Waals surface area (Å²) in [5.74, 6) is -0.844. The van der Waals surface area contributed by atoms with Crippen LogP contribution < -0.4 is 10.6 Å². The van der Waals surface area contributed by atoms with E-state index in [4.69, 9.17) is 9.16 Å². The van der Waals surface area contributed by atoms with Crippen molar-refractivity contribution in [1.82, 2.24) is 10.6 Å². The summed E-state index contributed by atoms with van der Waals surface area (Å²) in [6, 6.07) is 0. The first kappa shape index (κ1) is 27.6. The van der Waals surface area contributed by atoms with Gasteiger partial charge in [0.05, 0.1) is 6.42 Å². The average molecular weight is 475 g/mol. The Morgan fingerprint density at radius 3 is 2.26 bits per heavy atom. The predicted octanol–water partition coefficient (Wildman–Crippen LogP) is 2.62. The van der Waals surface area contributed by atoms with Gasteiger partial charge >= 0.3 is 5.97 Å². The van der Waals surface area contributed by atoms with Gasteiger partial charge in [0.25, 0.3) is 5.91 Å². The van der Waals surface area contributed by atoms with Crippen LogP contribution in [0.25, 0.3) is 0 Å². The van der Waals surface area contributed by atoms with Gasteiger partial charge in [0, 0.05) is 43.7 Å². The molecule has 0 spiro atoms. The Bertz CT molecular complexity index is 675. The number of carbonyl (C=O) groups is 4. The molecule has 1 saturated heterocycles. The van der Waals surface area contributed by atoms with E-state index in [2.05, 4.69) is 44.5 Å². The van der Waals surface area contributed by atoms with Crippen molar-refractivity contribution in [1.29, 1.82) is 0 Å². The van der Waals surface area contributed by atoms with Crippen molar-refractivity contribution in [2.24, 2.45) is 5.41 Å². The largest absolute Gasteiger partial charge is 0.452 e. The standard InChI is InChI=1S/C21H38N2O6SSi/c1-20(2,3)31(6,7)28-14-21(4,5)18-19(27)23-11-10-15(24)22-12-13-30-17(26)9-8-16(25)29-18/h18H,8-14H2,1-7H3,(H,22,24)(H,23,27)/t18-/m0/s1. The van der Waals surface area contributed by atoms with Crippen molar-refractivity contribution < 1.29 is 28.3 Å². The minimum Gasteiger partial charge on any atom is -0.452 e. The van der Waals surface area contributed by atoms with Crippen LogP contribution in [0.3, 0.4) is 0 Å². The molecule has 0 bridgehead atoms. The van der Waals surface area contributed by atoms with Crippen LogP contribution in [0.4, 0.5) is 0 Å². The topological polar surface area (TPSA) is 111 Å². The molecular weight excluding hydrogens is 436 g/mol. The second-order valence-electron chi connectivity index (χ2n) is 10.0. The number of rotatable bonds is 4. The van der Waals surface area contributed by atoms with E-state index in [0.29, 0.717) is 12.3 Å². The molecule has 0 aliphatic carbocycles. The number of carbonyl (C=O) groups excluding carboxylic acids is 4.